The monoisotopic (exact) mass is 393 g/mol. The van der Waals surface area contributed by atoms with Gasteiger partial charge in [0, 0.05) is 56.4 Å². The van der Waals surface area contributed by atoms with Gasteiger partial charge in [0.1, 0.15) is 11.5 Å². The molecule has 4 rings (SSSR count). The van der Waals surface area contributed by atoms with Crippen molar-refractivity contribution >= 4 is 23.6 Å². The van der Waals surface area contributed by atoms with Crippen molar-refractivity contribution in [3.63, 3.8) is 0 Å². The van der Waals surface area contributed by atoms with Crippen molar-refractivity contribution in [2.45, 2.75) is 6.92 Å². The lowest BCUT2D eigenvalue weighted by atomic mass is 10.2. The van der Waals surface area contributed by atoms with Crippen molar-refractivity contribution in [1.82, 2.24) is 25.0 Å². The fourth-order valence-electron chi connectivity index (χ4n) is 3.03. The lowest BCUT2D eigenvalue weighted by Crippen LogP contribution is -2.49. The lowest BCUT2D eigenvalue weighted by Gasteiger charge is -2.34. The van der Waals surface area contributed by atoms with Crippen molar-refractivity contribution < 1.29 is 14.1 Å². The molecular weight excluding hydrogens is 374 g/mol. The fraction of sp³-hybridized carbons (Fsp3) is 0.263. The van der Waals surface area contributed by atoms with Crippen LogP contribution in [0, 0.1) is 6.92 Å². The summed E-state index contributed by atoms with van der Waals surface area (Å²) < 4.78 is 4.93. The van der Waals surface area contributed by atoms with E-state index >= 15 is 0 Å². The number of aromatic nitrogens is 4. The Hall–Kier alpha value is -3.82. The molecule has 10 heteroatoms. The van der Waals surface area contributed by atoms with Crippen molar-refractivity contribution in [2.75, 3.05) is 36.4 Å². The van der Waals surface area contributed by atoms with Crippen molar-refractivity contribution in [3.8, 4) is 0 Å². The third-order valence-electron chi connectivity index (χ3n) is 4.51. The molecule has 0 spiro atoms. The third kappa shape index (κ3) is 4.21. The summed E-state index contributed by atoms with van der Waals surface area (Å²) in [6.45, 7) is 4.03. The zero-order chi connectivity index (χ0) is 20.2. The molecule has 0 bridgehead atoms. The lowest BCUT2D eigenvalue weighted by molar-refractivity contribution is 0.0740. The van der Waals surface area contributed by atoms with Crippen LogP contribution >= 0.6 is 0 Å². The summed E-state index contributed by atoms with van der Waals surface area (Å²) in [4.78, 5) is 41.6. The Kier molecular flexibility index (Phi) is 5.14. The molecule has 0 saturated carbocycles. The van der Waals surface area contributed by atoms with Crippen LogP contribution in [0.1, 0.15) is 26.6 Å². The van der Waals surface area contributed by atoms with E-state index in [1.54, 1.807) is 42.4 Å². The number of aryl methyl sites for hydroxylation is 1. The number of pyridine rings is 1. The van der Waals surface area contributed by atoms with Crippen LogP contribution in [-0.2, 0) is 0 Å². The molecule has 0 atom stereocenters. The largest absolute Gasteiger partial charge is 0.360 e. The molecule has 29 heavy (non-hydrogen) atoms. The molecule has 1 aliphatic rings. The summed E-state index contributed by atoms with van der Waals surface area (Å²) in [5.74, 6) is 0.952. The fourth-order valence-corrected chi connectivity index (χ4v) is 3.03. The van der Waals surface area contributed by atoms with Crippen molar-refractivity contribution in [3.05, 3.63) is 59.9 Å². The van der Waals surface area contributed by atoms with Gasteiger partial charge >= 0.3 is 0 Å². The van der Waals surface area contributed by atoms with Crippen LogP contribution in [0.25, 0.3) is 0 Å². The first kappa shape index (κ1) is 18.5. The summed E-state index contributed by atoms with van der Waals surface area (Å²) in [6, 6.07) is 6.41. The number of amides is 2. The third-order valence-corrected chi connectivity index (χ3v) is 4.51. The van der Waals surface area contributed by atoms with Gasteiger partial charge in [0.25, 0.3) is 11.8 Å². The molecule has 1 saturated heterocycles. The minimum Gasteiger partial charge on any atom is -0.360 e. The predicted molar refractivity (Wildman–Crippen MR) is 104 cm³/mol. The first-order valence-corrected chi connectivity index (χ1v) is 9.12. The second-order valence-corrected chi connectivity index (χ2v) is 6.53. The van der Waals surface area contributed by atoms with Crippen molar-refractivity contribution in [2.24, 2.45) is 0 Å². The van der Waals surface area contributed by atoms with E-state index in [9.17, 15) is 9.59 Å². The highest BCUT2D eigenvalue weighted by molar-refractivity contribution is 6.05. The van der Waals surface area contributed by atoms with E-state index in [1.807, 2.05) is 4.90 Å². The van der Waals surface area contributed by atoms with E-state index in [0.717, 1.165) is 0 Å². The summed E-state index contributed by atoms with van der Waals surface area (Å²) in [5.41, 5.74) is 0.540. The Labute approximate surface area is 166 Å². The zero-order valence-corrected chi connectivity index (χ0v) is 15.8. The maximum absolute atomic E-state index is 12.8. The van der Waals surface area contributed by atoms with Gasteiger partial charge in [-0.3, -0.25) is 14.6 Å². The van der Waals surface area contributed by atoms with Crippen LogP contribution in [0.15, 0.2) is 47.4 Å². The van der Waals surface area contributed by atoms with Gasteiger partial charge in [0.2, 0.25) is 5.95 Å². The van der Waals surface area contributed by atoms with Crippen LogP contribution in [0.5, 0.6) is 0 Å². The number of hydrogen-bond acceptors (Lipinski definition) is 8. The maximum atomic E-state index is 12.8. The van der Waals surface area contributed by atoms with Crippen LogP contribution in [0.4, 0.5) is 11.8 Å². The number of carbonyl (C=O) groups is 2. The van der Waals surface area contributed by atoms with Crippen LogP contribution in [0.3, 0.4) is 0 Å². The highest BCUT2D eigenvalue weighted by Crippen LogP contribution is 2.14. The molecule has 4 heterocycles. The molecule has 1 N–H and O–H groups in total. The van der Waals surface area contributed by atoms with E-state index in [4.69, 9.17) is 4.52 Å². The molecule has 0 aromatic carbocycles. The van der Waals surface area contributed by atoms with E-state index < -0.39 is 0 Å². The number of piperazine rings is 1. The summed E-state index contributed by atoms with van der Waals surface area (Å²) >= 11 is 0. The Morgan fingerprint density at radius 2 is 1.79 bits per heavy atom. The highest BCUT2D eigenvalue weighted by Gasteiger charge is 2.24. The molecule has 1 aliphatic heterocycles. The van der Waals surface area contributed by atoms with Crippen molar-refractivity contribution in [1.29, 1.82) is 0 Å². The molecule has 3 aromatic heterocycles. The molecule has 1 fully saturated rings. The van der Waals surface area contributed by atoms with E-state index in [2.05, 4.69) is 25.4 Å². The second kappa shape index (κ2) is 8.05. The standard InChI is InChI=1S/C19H19N7O3/c1-13-11-16(24-29-13)23-17(27)14-3-6-20-15(12-14)18(28)25-7-9-26(10-8-25)19-21-4-2-5-22-19/h2-6,11-12H,7-10H2,1H3,(H,23,24,27). The first-order chi connectivity index (χ1) is 14.1. The number of nitrogens with zero attached hydrogens (tertiary/aromatic N) is 6. The summed E-state index contributed by atoms with van der Waals surface area (Å²) in [5, 5.41) is 6.36. The Morgan fingerprint density at radius 1 is 1.03 bits per heavy atom. The number of carbonyl (C=O) groups excluding carboxylic acids is 2. The second-order valence-electron chi connectivity index (χ2n) is 6.53. The predicted octanol–water partition coefficient (Wildman–Crippen LogP) is 1.38. The minimum absolute atomic E-state index is 0.217. The minimum atomic E-state index is -0.388. The van der Waals surface area contributed by atoms with E-state index in [-0.39, 0.29) is 17.5 Å². The van der Waals surface area contributed by atoms with E-state index in [1.165, 1.54) is 12.3 Å². The average molecular weight is 393 g/mol. The van der Waals surface area contributed by atoms with Gasteiger partial charge in [-0.05, 0) is 25.1 Å². The van der Waals surface area contributed by atoms with Gasteiger partial charge in [0.15, 0.2) is 5.82 Å². The Balaban J connectivity index is 1.40. The highest BCUT2D eigenvalue weighted by atomic mass is 16.5. The molecular formula is C19H19N7O3. The molecule has 2 amide bonds. The normalized spacial score (nSPS) is 14.0. The number of nitrogens with one attached hydrogen (secondary N) is 1. The first-order valence-electron chi connectivity index (χ1n) is 9.12. The zero-order valence-electron chi connectivity index (χ0n) is 15.8. The van der Waals surface area contributed by atoms with E-state index in [0.29, 0.717) is 49.3 Å². The van der Waals surface area contributed by atoms with Gasteiger partial charge in [-0.25, -0.2) is 9.97 Å². The molecule has 10 nitrogen and oxygen atoms in total. The molecule has 0 unspecified atom stereocenters. The summed E-state index contributed by atoms with van der Waals surface area (Å²) in [7, 11) is 0. The van der Waals surface area contributed by atoms with Gasteiger partial charge in [0.05, 0.1) is 0 Å². The average Bonchev–Trinajstić information content (AvgIpc) is 3.18. The Morgan fingerprint density at radius 3 is 2.48 bits per heavy atom. The van der Waals surface area contributed by atoms with Gasteiger partial charge in [-0.1, -0.05) is 5.16 Å². The quantitative estimate of drug-likeness (QED) is 0.706. The maximum Gasteiger partial charge on any atom is 0.272 e. The molecule has 0 radical (unpaired) electrons. The SMILES string of the molecule is Cc1cc(NC(=O)c2ccnc(C(=O)N3CCN(c4ncccn4)CC3)c2)no1. The Bertz CT molecular complexity index is 1010. The van der Waals surface area contributed by atoms with Gasteiger partial charge < -0.3 is 19.6 Å². The number of hydrogen-bond donors (Lipinski definition) is 1. The summed E-state index contributed by atoms with van der Waals surface area (Å²) in [6.07, 6.45) is 4.84. The van der Waals surface area contributed by atoms with Gasteiger partial charge in [-0.15, -0.1) is 0 Å². The van der Waals surface area contributed by atoms with Crippen LogP contribution in [-0.4, -0.2) is 63.0 Å². The molecule has 3 aromatic rings. The van der Waals surface area contributed by atoms with Crippen LogP contribution in [0.2, 0.25) is 0 Å². The number of rotatable bonds is 4. The number of anilines is 2. The molecule has 148 valence electrons. The van der Waals surface area contributed by atoms with Crippen LogP contribution < -0.4 is 10.2 Å². The smallest absolute Gasteiger partial charge is 0.272 e. The van der Waals surface area contributed by atoms with Gasteiger partial charge in [-0.2, -0.15) is 0 Å². The topological polar surface area (TPSA) is 117 Å². The molecule has 0 aliphatic carbocycles.